The molecule has 5 nitrogen and oxygen atoms in total. The fourth-order valence-electron chi connectivity index (χ4n) is 5.12. The average Bonchev–Trinajstić information content (AvgIpc) is 2.77. The first kappa shape index (κ1) is 24.8. The predicted octanol–water partition coefficient (Wildman–Crippen LogP) is 5.40. The van der Waals surface area contributed by atoms with Crippen molar-refractivity contribution >= 4 is 11.7 Å². The van der Waals surface area contributed by atoms with E-state index in [1.54, 1.807) is 0 Å². The standard InChI is InChI=1S/C26H33F3N2O3/c1-25(2,3)34-22(32)15-30-14-18-10-11-19-23(16-7-5-4-6-8-16)31-21-12-9-17(26(27,28)29)13-20(21)24(19)33-18/h4-7,9,12-13,16,18-19,23-24,30-31H,8,10-11,14-15H2,1-3H3/t16?,18-,19+,23+,24+/m1/s1. The van der Waals surface area contributed by atoms with Gasteiger partial charge in [-0.2, -0.15) is 13.2 Å². The SMILES string of the molecule is CC(C)(C)OC(=O)CNC[C@H]1CC[C@@H]2[C@H](O1)c1cc(C(F)(F)F)ccc1N[C@H]2C1C=CC=CC1. The van der Waals surface area contributed by atoms with Crippen LogP contribution in [0.15, 0.2) is 42.5 Å². The highest BCUT2D eigenvalue weighted by molar-refractivity contribution is 5.72. The number of carbonyl (C=O) groups excluding carboxylic acids is 1. The summed E-state index contributed by atoms with van der Waals surface area (Å²) in [5, 5.41) is 6.62. The number of fused-ring (bicyclic) bond motifs is 3. The molecule has 1 saturated heterocycles. The maximum atomic E-state index is 13.5. The number of rotatable bonds is 5. The molecule has 1 aromatic rings. The third kappa shape index (κ3) is 5.84. The van der Waals surface area contributed by atoms with E-state index in [0.29, 0.717) is 17.8 Å². The quantitative estimate of drug-likeness (QED) is 0.555. The molecule has 8 heteroatoms. The van der Waals surface area contributed by atoms with Crippen molar-refractivity contribution in [3.05, 3.63) is 53.6 Å². The summed E-state index contributed by atoms with van der Waals surface area (Å²) in [6.45, 7) is 5.93. The Hall–Kier alpha value is -2.32. The number of carbonyl (C=O) groups is 1. The predicted molar refractivity (Wildman–Crippen MR) is 124 cm³/mol. The van der Waals surface area contributed by atoms with Gasteiger partial charge >= 0.3 is 12.1 Å². The van der Waals surface area contributed by atoms with Crippen LogP contribution in [-0.4, -0.2) is 36.8 Å². The van der Waals surface area contributed by atoms with Gasteiger partial charge in [0, 0.05) is 35.7 Å². The Bertz CT molecular complexity index is 952. The number of halogens is 3. The third-order valence-electron chi connectivity index (χ3n) is 6.56. The first-order valence-electron chi connectivity index (χ1n) is 11.9. The average molecular weight is 479 g/mol. The summed E-state index contributed by atoms with van der Waals surface area (Å²) in [4.78, 5) is 12.0. The van der Waals surface area contributed by atoms with Crippen LogP contribution in [0, 0.1) is 11.8 Å². The number of hydrogen-bond donors (Lipinski definition) is 2. The van der Waals surface area contributed by atoms with Crippen LogP contribution in [0.5, 0.6) is 0 Å². The Morgan fingerprint density at radius 1 is 1.21 bits per heavy atom. The van der Waals surface area contributed by atoms with Crippen molar-refractivity contribution in [1.29, 1.82) is 0 Å². The number of nitrogens with one attached hydrogen (secondary N) is 2. The molecule has 0 radical (unpaired) electrons. The number of benzene rings is 1. The van der Waals surface area contributed by atoms with Crippen LogP contribution in [0.3, 0.4) is 0 Å². The molecule has 1 fully saturated rings. The van der Waals surface area contributed by atoms with Crippen molar-refractivity contribution in [2.75, 3.05) is 18.4 Å². The highest BCUT2D eigenvalue weighted by Crippen LogP contribution is 2.49. The van der Waals surface area contributed by atoms with E-state index in [0.717, 1.165) is 25.3 Å². The van der Waals surface area contributed by atoms with Gasteiger partial charge < -0.3 is 20.1 Å². The van der Waals surface area contributed by atoms with Gasteiger partial charge in [-0.25, -0.2) is 0 Å². The van der Waals surface area contributed by atoms with Crippen molar-refractivity contribution in [3.8, 4) is 0 Å². The summed E-state index contributed by atoms with van der Waals surface area (Å²) >= 11 is 0. The molecule has 2 N–H and O–H groups in total. The molecule has 2 aliphatic heterocycles. The number of alkyl halides is 3. The summed E-state index contributed by atoms with van der Waals surface area (Å²) in [5.41, 5.74) is 0.0347. The van der Waals surface area contributed by atoms with Gasteiger partial charge in [0.05, 0.1) is 24.3 Å². The van der Waals surface area contributed by atoms with Crippen molar-refractivity contribution in [2.45, 2.75) is 70.1 Å². The summed E-state index contributed by atoms with van der Waals surface area (Å²) in [6, 6.07) is 3.95. The third-order valence-corrected chi connectivity index (χ3v) is 6.56. The monoisotopic (exact) mass is 478 g/mol. The summed E-state index contributed by atoms with van der Waals surface area (Å²) in [6.07, 6.45) is 5.75. The first-order valence-corrected chi connectivity index (χ1v) is 11.9. The van der Waals surface area contributed by atoms with Gasteiger partial charge in [0.1, 0.15) is 5.60 Å². The van der Waals surface area contributed by atoms with E-state index in [2.05, 4.69) is 22.8 Å². The summed E-state index contributed by atoms with van der Waals surface area (Å²) in [5.74, 6) is -0.0435. The molecule has 34 heavy (non-hydrogen) atoms. The van der Waals surface area contributed by atoms with E-state index in [1.807, 2.05) is 32.9 Å². The maximum Gasteiger partial charge on any atom is 0.416 e. The van der Waals surface area contributed by atoms with Gasteiger partial charge in [-0.15, -0.1) is 0 Å². The Kier molecular flexibility index (Phi) is 7.10. The van der Waals surface area contributed by atoms with Gasteiger partial charge in [-0.05, 0) is 58.2 Å². The lowest BCUT2D eigenvalue weighted by Gasteiger charge is -2.47. The van der Waals surface area contributed by atoms with Gasteiger partial charge in [-0.3, -0.25) is 4.79 Å². The number of hydrogen-bond acceptors (Lipinski definition) is 5. The van der Waals surface area contributed by atoms with E-state index >= 15 is 0 Å². The lowest BCUT2D eigenvalue weighted by atomic mass is 9.73. The minimum atomic E-state index is -4.42. The Morgan fingerprint density at radius 2 is 2.00 bits per heavy atom. The van der Waals surface area contributed by atoms with Gasteiger partial charge in [-0.1, -0.05) is 24.3 Å². The molecule has 1 unspecified atom stereocenters. The molecule has 0 amide bonds. The van der Waals surface area contributed by atoms with E-state index in [4.69, 9.17) is 9.47 Å². The van der Waals surface area contributed by atoms with Crippen LogP contribution < -0.4 is 10.6 Å². The van der Waals surface area contributed by atoms with E-state index < -0.39 is 23.4 Å². The molecule has 186 valence electrons. The fourth-order valence-corrected chi connectivity index (χ4v) is 5.12. The van der Waals surface area contributed by atoms with Crippen LogP contribution in [0.25, 0.3) is 0 Å². The van der Waals surface area contributed by atoms with Crippen LogP contribution in [-0.2, 0) is 20.4 Å². The van der Waals surface area contributed by atoms with Crippen LogP contribution >= 0.6 is 0 Å². The minimum Gasteiger partial charge on any atom is -0.459 e. The molecular formula is C26H33F3N2O3. The zero-order chi connectivity index (χ0) is 24.5. The largest absolute Gasteiger partial charge is 0.459 e. The van der Waals surface area contributed by atoms with Gasteiger partial charge in [0.2, 0.25) is 0 Å². The molecule has 0 spiro atoms. The molecule has 0 saturated carbocycles. The number of anilines is 1. The van der Waals surface area contributed by atoms with Crippen molar-refractivity contribution < 1.29 is 27.4 Å². The Balaban J connectivity index is 1.50. The Labute approximate surface area is 198 Å². The van der Waals surface area contributed by atoms with Crippen molar-refractivity contribution in [1.82, 2.24) is 5.32 Å². The minimum absolute atomic E-state index is 0.0549. The van der Waals surface area contributed by atoms with E-state index in [1.165, 1.54) is 12.1 Å². The molecule has 0 bridgehead atoms. The van der Waals surface area contributed by atoms with Gasteiger partial charge in [0.15, 0.2) is 0 Å². The second-order valence-electron chi connectivity index (χ2n) is 10.3. The summed E-state index contributed by atoms with van der Waals surface area (Å²) < 4.78 is 52.1. The van der Waals surface area contributed by atoms with E-state index in [-0.39, 0.29) is 36.5 Å². The molecule has 0 aromatic heterocycles. The molecule has 1 aromatic carbocycles. The number of ether oxygens (including phenoxy) is 2. The highest BCUT2D eigenvalue weighted by Gasteiger charge is 2.45. The summed E-state index contributed by atoms with van der Waals surface area (Å²) in [7, 11) is 0. The zero-order valence-electron chi connectivity index (χ0n) is 19.8. The second kappa shape index (κ2) is 9.74. The molecule has 1 aliphatic carbocycles. The van der Waals surface area contributed by atoms with Crippen molar-refractivity contribution in [3.63, 3.8) is 0 Å². The normalized spacial score (nSPS) is 28.6. The molecule has 5 atom stereocenters. The number of allylic oxidation sites excluding steroid dienone is 3. The van der Waals surface area contributed by atoms with Crippen LogP contribution in [0.2, 0.25) is 0 Å². The molecule has 4 rings (SSSR count). The molecule has 3 aliphatic rings. The molecule has 2 heterocycles. The first-order chi connectivity index (χ1) is 16.0. The highest BCUT2D eigenvalue weighted by atomic mass is 19.4. The van der Waals surface area contributed by atoms with E-state index in [9.17, 15) is 18.0 Å². The second-order valence-corrected chi connectivity index (χ2v) is 10.3. The number of esters is 1. The zero-order valence-corrected chi connectivity index (χ0v) is 19.8. The lowest BCUT2D eigenvalue weighted by molar-refractivity contribution is -0.153. The lowest BCUT2D eigenvalue weighted by Crippen LogP contribution is -2.48. The maximum absolute atomic E-state index is 13.5. The van der Waals surface area contributed by atoms with Crippen molar-refractivity contribution in [2.24, 2.45) is 11.8 Å². The topological polar surface area (TPSA) is 59.6 Å². The smallest absolute Gasteiger partial charge is 0.416 e. The Morgan fingerprint density at radius 3 is 2.68 bits per heavy atom. The van der Waals surface area contributed by atoms with Crippen LogP contribution in [0.4, 0.5) is 18.9 Å². The fraction of sp³-hybridized carbons (Fsp3) is 0.577. The van der Waals surface area contributed by atoms with Gasteiger partial charge in [0.25, 0.3) is 0 Å². The van der Waals surface area contributed by atoms with Crippen LogP contribution in [0.1, 0.15) is 57.3 Å². The molecular weight excluding hydrogens is 445 g/mol.